The van der Waals surface area contributed by atoms with Crippen molar-refractivity contribution in [3.8, 4) is 135 Å². The molecule has 5 heterocycles. The van der Waals surface area contributed by atoms with E-state index < -0.39 is 0 Å². The highest BCUT2D eigenvalue weighted by atomic mass is 16.5. The number of pyridine rings is 2. The Morgan fingerprint density at radius 1 is 0.269 bits per heavy atom. The molecule has 18 rings (SSSR count). The van der Waals surface area contributed by atoms with E-state index in [-0.39, 0.29) is 0 Å². The maximum atomic E-state index is 6.95. The Morgan fingerprint density at radius 3 is 1.17 bits per heavy atom. The molecule has 0 unspecified atom stereocenters. The summed E-state index contributed by atoms with van der Waals surface area (Å²) < 4.78 is 11.6. The Hall–Kier alpha value is -12.4. The van der Waals surface area contributed by atoms with E-state index in [9.17, 15) is 0 Å². The fourth-order valence-corrected chi connectivity index (χ4v) is 14.8. The van der Waals surface area contributed by atoms with Crippen molar-refractivity contribution in [1.29, 1.82) is 0 Å². The van der Waals surface area contributed by atoms with E-state index in [1.54, 1.807) is 0 Å². The molecule has 0 saturated heterocycles. The number of ether oxygens (including phenoxy) is 1. The molecule has 16 aromatic rings. The molecule has 0 atom stereocenters. The Bertz CT molecular complexity index is 5130. The van der Waals surface area contributed by atoms with Crippen LogP contribution in [0.1, 0.15) is 11.3 Å². The third-order valence-electron chi connectivity index (χ3n) is 18.7. The summed E-state index contributed by atoms with van der Waals surface area (Å²) in [5.41, 5.74) is 28.7. The fraction of sp³-hybridized carbons (Fsp3) is 0.0115. The zero-order valence-corrected chi connectivity index (χ0v) is 50.6. The lowest BCUT2D eigenvalue weighted by atomic mass is 9.83. The van der Waals surface area contributed by atoms with Crippen LogP contribution in [0.25, 0.3) is 145 Å². The Balaban J connectivity index is 0.774. The van der Waals surface area contributed by atoms with E-state index in [2.05, 4.69) is 318 Å². The predicted molar refractivity (Wildman–Crippen MR) is 383 cm³/mol. The van der Waals surface area contributed by atoms with Gasteiger partial charge in [-0.25, -0.2) is 0 Å². The normalized spacial score (nSPS) is 11.9. The lowest BCUT2D eigenvalue weighted by Crippen LogP contribution is -2.06. The van der Waals surface area contributed by atoms with Crippen LogP contribution in [0.4, 0.5) is 11.5 Å². The lowest BCUT2D eigenvalue weighted by Gasteiger charge is -2.22. The Morgan fingerprint density at radius 2 is 0.634 bits per heavy atom. The number of aromatic nitrogens is 4. The van der Waals surface area contributed by atoms with Crippen molar-refractivity contribution in [1.82, 2.24) is 19.1 Å². The van der Waals surface area contributed by atoms with E-state index in [0.29, 0.717) is 24.0 Å². The Kier molecular flexibility index (Phi) is 12.8. The summed E-state index contributed by atoms with van der Waals surface area (Å²) in [7, 11) is 0. The molecule has 1 N–H and O–H groups in total. The topological polar surface area (TPSA) is 56.9 Å². The van der Waals surface area contributed by atoms with Crippen LogP contribution in [-0.2, 0) is 6.42 Å². The van der Waals surface area contributed by atoms with Gasteiger partial charge in [0.25, 0.3) is 0 Å². The van der Waals surface area contributed by atoms with Gasteiger partial charge >= 0.3 is 0 Å². The number of anilines is 2. The second-order valence-corrected chi connectivity index (χ2v) is 23.9. The van der Waals surface area contributed by atoms with Gasteiger partial charge in [-0.2, -0.15) is 9.97 Å². The van der Waals surface area contributed by atoms with Crippen molar-refractivity contribution < 1.29 is 4.74 Å². The Labute approximate surface area is 539 Å². The average molecular weight is 1190 g/mol. The minimum Gasteiger partial charge on any atom is -0.421 e. The number of nitrogens with one attached hydrogen (secondary N) is 1. The average Bonchev–Trinajstić information content (AvgIpc) is 1.64. The molecule has 0 saturated carbocycles. The first-order chi connectivity index (χ1) is 46.2. The van der Waals surface area contributed by atoms with E-state index in [1.165, 1.54) is 61.2 Å². The number of rotatable bonds is 10. The SMILES string of the molecule is c1ccc(-c2cccc(-c3ccccc3)c2-c2cccc3c2Cc2c(c4ccccc4n2-c2cccc(Oc4cccc(-n5c6c(c7ccccc75)-c5ccccc5-c5cccc(-c7c(-c8ccccc8)cccc7-c7ccccc7)c5N6)n4)n2)-c2ccccc2-3)cc1. The molecule has 0 fully saturated rings. The number of hydrogen-bond donors (Lipinski definition) is 1. The number of benzene rings is 12. The summed E-state index contributed by atoms with van der Waals surface area (Å²) in [5, 5.41) is 6.44. The first-order valence-electron chi connectivity index (χ1n) is 31.8. The van der Waals surface area contributed by atoms with Gasteiger partial charge in [0.1, 0.15) is 17.5 Å². The van der Waals surface area contributed by atoms with E-state index in [0.717, 1.165) is 100 Å². The van der Waals surface area contributed by atoms with Crippen molar-refractivity contribution in [2.24, 2.45) is 0 Å². The van der Waals surface area contributed by atoms with E-state index >= 15 is 0 Å². The summed E-state index contributed by atoms with van der Waals surface area (Å²) in [6.45, 7) is 0. The van der Waals surface area contributed by atoms with Crippen LogP contribution < -0.4 is 10.1 Å². The molecule has 0 spiro atoms. The summed E-state index contributed by atoms with van der Waals surface area (Å²) in [6.07, 6.45) is 0.630. The fourth-order valence-electron chi connectivity index (χ4n) is 14.8. The second kappa shape index (κ2) is 22.3. The van der Waals surface area contributed by atoms with Crippen molar-refractivity contribution >= 4 is 33.3 Å². The standard InChI is InChI=1S/C87H57N5O/c1-5-27-56(28-6-1)60-41-21-42-61(57-29-7-2-8-30-57)82(60)69-46-23-45-65-64-35-13-15-37-67(64)84-71-39-17-19-49-75(71)91(77(84)55-74(65)69)78-51-25-53-80(88-78)93-81-54-26-52-79(89-81)92-76-50-20-18-40-72(76)85-68-38-16-14-36-66(68)70-47-24-48-73(86(70)90-87(85)92)83-62(58-31-9-3-10-32-58)43-22-44-63(83)59-33-11-4-12-34-59/h1-54,90H,55H2. The van der Waals surface area contributed by atoms with Gasteiger partial charge in [-0.3, -0.25) is 9.13 Å². The smallest absolute Gasteiger partial charge is 0.223 e. The van der Waals surface area contributed by atoms with E-state index in [4.69, 9.17) is 14.7 Å². The molecule has 436 valence electrons. The van der Waals surface area contributed by atoms with Crippen molar-refractivity contribution in [3.63, 3.8) is 0 Å². The van der Waals surface area contributed by atoms with Gasteiger partial charge in [-0.15, -0.1) is 0 Å². The lowest BCUT2D eigenvalue weighted by molar-refractivity contribution is 0.443. The van der Waals surface area contributed by atoms with Gasteiger partial charge in [0.05, 0.1) is 16.7 Å². The van der Waals surface area contributed by atoms with Gasteiger partial charge in [0.2, 0.25) is 11.8 Å². The van der Waals surface area contributed by atoms with Gasteiger partial charge in [-0.1, -0.05) is 291 Å². The van der Waals surface area contributed by atoms with Crippen LogP contribution in [0.2, 0.25) is 0 Å². The third-order valence-corrected chi connectivity index (χ3v) is 18.7. The highest BCUT2D eigenvalue weighted by Crippen LogP contribution is 2.55. The minimum absolute atomic E-state index is 0.415. The van der Waals surface area contributed by atoms with Gasteiger partial charge in [0.15, 0.2) is 0 Å². The highest BCUT2D eigenvalue weighted by Gasteiger charge is 2.32. The molecule has 0 amide bonds. The monoisotopic (exact) mass is 1190 g/mol. The quantitative estimate of drug-likeness (QED) is 0.148. The third kappa shape index (κ3) is 8.94. The highest BCUT2D eigenvalue weighted by molar-refractivity contribution is 6.14. The molecule has 0 bridgehead atoms. The second-order valence-electron chi connectivity index (χ2n) is 23.9. The molecule has 4 aromatic heterocycles. The number of nitrogens with zero attached hydrogens (tertiary/aromatic N) is 4. The van der Waals surface area contributed by atoms with Crippen LogP contribution in [0, 0.1) is 0 Å². The molecule has 6 heteroatoms. The first-order valence-corrected chi connectivity index (χ1v) is 31.8. The number of para-hydroxylation sites is 3. The molecule has 1 aliphatic carbocycles. The van der Waals surface area contributed by atoms with Crippen LogP contribution in [0.3, 0.4) is 0 Å². The first kappa shape index (κ1) is 53.6. The predicted octanol–water partition coefficient (Wildman–Crippen LogP) is 22.8. The number of fused-ring (bicyclic) bond motifs is 14. The largest absolute Gasteiger partial charge is 0.421 e. The number of hydrogen-bond acceptors (Lipinski definition) is 4. The van der Waals surface area contributed by atoms with E-state index in [1.807, 2.05) is 24.3 Å². The summed E-state index contributed by atoms with van der Waals surface area (Å²) in [4.78, 5) is 10.9. The van der Waals surface area contributed by atoms with Crippen molar-refractivity contribution in [3.05, 3.63) is 339 Å². The zero-order valence-electron chi connectivity index (χ0n) is 50.6. The molecule has 6 nitrogen and oxygen atoms in total. The van der Waals surface area contributed by atoms with Crippen LogP contribution in [-0.4, -0.2) is 19.1 Å². The maximum Gasteiger partial charge on any atom is 0.223 e. The maximum absolute atomic E-state index is 6.95. The van der Waals surface area contributed by atoms with Gasteiger partial charge in [-0.05, 0) is 119 Å². The molecular formula is C87H57N5O. The molecule has 0 radical (unpaired) electrons. The van der Waals surface area contributed by atoms with Crippen molar-refractivity contribution in [2.75, 3.05) is 5.32 Å². The van der Waals surface area contributed by atoms with Gasteiger partial charge in [0, 0.05) is 57.3 Å². The van der Waals surface area contributed by atoms with Crippen LogP contribution in [0.15, 0.2) is 328 Å². The summed E-state index contributed by atoms with van der Waals surface area (Å²) in [5.74, 6) is 3.19. The van der Waals surface area contributed by atoms with Crippen LogP contribution >= 0.6 is 0 Å². The molecule has 2 aliphatic rings. The van der Waals surface area contributed by atoms with Crippen molar-refractivity contribution in [2.45, 2.75) is 6.42 Å². The summed E-state index contributed by atoms with van der Waals surface area (Å²) >= 11 is 0. The molecular weight excluding hydrogens is 1130 g/mol. The summed E-state index contributed by atoms with van der Waals surface area (Å²) in [6, 6.07) is 117. The molecule has 12 aromatic carbocycles. The zero-order chi connectivity index (χ0) is 61.3. The minimum atomic E-state index is 0.415. The van der Waals surface area contributed by atoms with Gasteiger partial charge < -0.3 is 10.1 Å². The van der Waals surface area contributed by atoms with Crippen LogP contribution in [0.5, 0.6) is 11.8 Å². The molecule has 93 heavy (non-hydrogen) atoms. The molecule has 1 aliphatic heterocycles.